The predicted octanol–water partition coefficient (Wildman–Crippen LogP) is 5.79. The summed E-state index contributed by atoms with van der Waals surface area (Å²) in [6.45, 7) is 2.02. The molecule has 2 N–H and O–H groups in total. The summed E-state index contributed by atoms with van der Waals surface area (Å²) in [5.41, 5.74) is 2.00. The van der Waals surface area contributed by atoms with Gasteiger partial charge in [-0.05, 0) is 31.4 Å². The van der Waals surface area contributed by atoms with Crippen molar-refractivity contribution in [2.75, 3.05) is 5.32 Å². The van der Waals surface area contributed by atoms with E-state index in [2.05, 4.69) is 10.6 Å². The molecule has 2 rings (SSSR count). The normalized spacial score (nSPS) is 18.5. The zero-order valence-electron chi connectivity index (χ0n) is 14.6. The highest BCUT2D eigenvalue weighted by molar-refractivity contribution is 5.90. The summed E-state index contributed by atoms with van der Waals surface area (Å²) in [7, 11) is 0. The highest BCUT2D eigenvalue weighted by atomic mass is 16.2. The van der Waals surface area contributed by atoms with Gasteiger partial charge in [0.2, 0.25) is 0 Å². The molecule has 0 heterocycles. The average molecular weight is 316 g/mol. The van der Waals surface area contributed by atoms with Crippen LogP contribution in [0.25, 0.3) is 0 Å². The standard InChI is InChI=1S/C20H32N2O/c1-17-13-11-12-16-19(17)22-20(23)21-18-14-9-7-5-3-2-4-6-8-10-15-18/h11-13,16,18H,2-10,14-15H2,1H3,(H2,21,22,23). The second-order valence-electron chi connectivity index (χ2n) is 6.87. The van der Waals surface area contributed by atoms with Gasteiger partial charge >= 0.3 is 6.03 Å². The number of hydrogen-bond acceptors (Lipinski definition) is 1. The lowest BCUT2D eigenvalue weighted by Crippen LogP contribution is -2.38. The van der Waals surface area contributed by atoms with Gasteiger partial charge in [-0.3, -0.25) is 0 Å². The first-order chi connectivity index (χ1) is 11.3. The molecule has 1 saturated carbocycles. The Labute approximate surface area is 141 Å². The quantitative estimate of drug-likeness (QED) is 0.712. The van der Waals surface area contributed by atoms with Crippen molar-refractivity contribution in [1.82, 2.24) is 5.32 Å². The first-order valence-corrected chi connectivity index (χ1v) is 9.39. The number of benzene rings is 1. The third-order valence-corrected chi connectivity index (χ3v) is 4.83. The molecule has 0 saturated heterocycles. The maximum Gasteiger partial charge on any atom is 0.319 e. The number of carbonyl (C=O) groups excluding carboxylic acids is 1. The maximum atomic E-state index is 12.3. The Hall–Kier alpha value is -1.51. The van der Waals surface area contributed by atoms with E-state index in [1.165, 1.54) is 57.8 Å². The van der Waals surface area contributed by atoms with Gasteiger partial charge in [-0.1, -0.05) is 76.0 Å². The van der Waals surface area contributed by atoms with Crippen molar-refractivity contribution < 1.29 is 4.79 Å². The Kier molecular flexibility index (Phi) is 7.99. The number of amides is 2. The van der Waals surface area contributed by atoms with Crippen molar-refractivity contribution in [1.29, 1.82) is 0 Å². The molecule has 0 atom stereocenters. The van der Waals surface area contributed by atoms with Crippen LogP contribution in [-0.4, -0.2) is 12.1 Å². The zero-order valence-corrected chi connectivity index (χ0v) is 14.6. The Morgan fingerprint density at radius 3 is 1.96 bits per heavy atom. The predicted molar refractivity (Wildman–Crippen MR) is 97.9 cm³/mol. The summed E-state index contributed by atoms with van der Waals surface area (Å²) < 4.78 is 0. The number of nitrogens with one attached hydrogen (secondary N) is 2. The number of carbonyl (C=O) groups is 1. The molecule has 0 radical (unpaired) electrons. The van der Waals surface area contributed by atoms with Crippen LogP contribution in [0.3, 0.4) is 0 Å². The third-order valence-electron chi connectivity index (χ3n) is 4.83. The fourth-order valence-electron chi connectivity index (χ4n) is 3.36. The molecule has 128 valence electrons. The lowest BCUT2D eigenvalue weighted by Gasteiger charge is -2.20. The van der Waals surface area contributed by atoms with E-state index < -0.39 is 0 Å². The van der Waals surface area contributed by atoms with Crippen LogP contribution < -0.4 is 10.6 Å². The van der Waals surface area contributed by atoms with Crippen molar-refractivity contribution in [3.05, 3.63) is 29.8 Å². The van der Waals surface area contributed by atoms with Crippen molar-refractivity contribution >= 4 is 11.7 Å². The fourth-order valence-corrected chi connectivity index (χ4v) is 3.36. The minimum absolute atomic E-state index is 0.0589. The Balaban J connectivity index is 1.82. The minimum atomic E-state index is -0.0589. The van der Waals surface area contributed by atoms with Crippen LogP contribution in [-0.2, 0) is 0 Å². The number of aryl methyl sites for hydroxylation is 1. The van der Waals surface area contributed by atoms with Gasteiger partial charge in [-0.2, -0.15) is 0 Å². The molecule has 3 nitrogen and oxygen atoms in total. The van der Waals surface area contributed by atoms with E-state index in [0.29, 0.717) is 6.04 Å². The average Bonchev–Trinajstić information content (AvgIpc) is 2.52. The van der Waals surface area contributed by atoms with Crippen molar-refractivity contribution in [2.45, 2.75) is 83.6 Å². The van der Waals surface area contributed by atoms with Gasteiger partial charge in [0.25, 0.3) is 0 Å². The Morgan fingerprint density at radius 1 is 0.870 bits per heavy atom. The van der Waals surface area contributed by atoms with Gasteiger partial charge in [-0.15, -0.1) is 0 Å². The summed E-state index contributed by atoms with van der Waals surface area (Å²) in [6, 6.07) is 8.18. The Morgan fingerprint density at radius 2 is 1.39 bits per heavy atom. The highest BCUT2D eigenvalue weighted by Gasteiger charge is 2.13. The second-order valence-corrected chi connectivity index (χ2v) is 6.87. The van der Waals surface area contributed by atoms with Crippen molar-refractivity contribution in [3.63, 3.8) is 0 Å². The molecule has 2 amide bonds. The molecule has 0 spiro atoms. The summed E-state index contributed by atoms with van der Waals surface area (Å²) in [5, 5.41) is 6.19. The SMILES string of the molecule is Cc1ccccc1NC(=O)NC1CCCCCCCCCCC1. The molecule has 23 heavy (non-hydrogen) atoms. The lowest BCUT2D eigenvalue weighted by molar-refractivity contribution is 0.246. The van der Waals surface area contributed by atoms with Crippen molar-refractivity contribution in [2.24, 2.45) is 0 Å². The highest BCUT2D eigenvalue weighted by Crippen LogP contribution is 2.17. The Bertz CT molecular complexity index is 460. The molecular weight excluding hydrogens is 284 g/mol. The zero-order chi connectivity index (χ0) is 16.3. The summed E-state index contributed by atoms with van der Waals surface area (Å²) >= 11 is 0. The monoisotopic (exact) mass is 316 g/mol. The number of anilines is 1. The maximum absolute atomic E-state index is 12.3. The van der Waals surface area contributed by atoms with Gasteiger partial charge in [0.05, 0.1) is 0 Å². The van der Waals surface area contributed by atoms with E-state index in [1.54, 1.807) is 0 Å². The van der Waals surface area contributed by atoms with Crippen LogP contribution in [0.4, 0.5) is 10.5 Å². The molecule has 1 aromatic carbocycles. The molecule has 0 bridgehead atoms. The molecular formula is C20H32N2O. The molecule has 3 heteroatoms. The van der Waals surface area contributed by atoms with Gasteiger partial charge in [-0.25, -0.2) is 4.79 Å². The minimum Gasteiger partial charge on any atom is -0.335 e. The summed E-state index contributed by atoms with van der Waals surface area (Å²) in [6.07, 6.45) is 14.2. The van der Waals surface area contributed by atoms with E-state index >= 15 is 0 Å². The smallest absolute Gasteiger partial charge is 0.319 e. The van der Waals surface area contributed by atoms with Crippen LogP contribution in [0.2, 0.25) is 0 Å². The van der Waals surface area contributed by atoms with Gasteiger partial charge in [0, 0.05) is 11.7 Å². The molecule has 1 aliphatic rings. The number of urea groups is 1. The number of para-hydroxylation sites is 1. The van der Waals surface area contributed by atoms with E-state index in [-0.39, 0.29) is 6.03 Å². The first kappa shape index (κ1) is 17.8. The van der Waals surface area contributed by atoms with Crippen LogP contribution in [0.5, 0.6) is 0 Å². The topological polar surface area (TPSA) is 41.1 Å². The third kappa shape index (κ3) is 7.06. The van der Waals surface area contributed by atoms with E-state index in [9.17, 15) is 4.79 Å². The molecule has 0 unspecified atom stereocenters. The molecule has 1 fully saturated rings. The van der Waals surface area contributed by atoms with E-state index in [0.717, 1.165) is 24.1 Å². The molecule has 1 aromatic rings. The summed E-state index contributed by atoms with van der Waals surface area (Å²) in [5.74, 6) is 0. The molecule has 0 aromatic heterocycles. The largest absolute Gasteiger partial charge is 0.335 e. The van der Waals surface area contributed by atoms with Crippen LogP contribution in [0, 0.1) is 6.92 Å². The molecule has 0 aliphatic heterocycles. The molecule has 1 aliphatic carbocycles. The van der Waals surface area contributed by atoms with Crippen molar-refractivity contribution in [3.8, 4) is 0 Å². The number of hydrogen-bond donors (Lipinski definition) is 2. The van der Waals surface area contributed by atoms with Gasteiger partial charge in [0.15, 0.2) is 0 Å². The lowest BCUT2D eigenvalue weighted by atomic mass is 9.98. The van der Waals surface area contributed by atoms with Gasteiger partial charge in [0.1, 0.15) is 0 Å². The second kappa shape index (κ2) is 10.3. The summed E-state index contributed by atoms with van der Waals surface area (Å²) in [4.78, 5) is 12.3. The number of rotatable bonds is 2. The van der Waals surface area contributed by atoms with Crippen LogP contribution >= 0.6 is 0 Å². The van der Waals surface area contributed by atoms with Crippen LogP contribution in [0.15, 0.2) is 24.3 Å². The van der Waals surface area contributed by atoms with E-state index in [4.69, 9.17) is 0 Å². The first-order valence-electron chi connectivity index (χ1n) is 9.39. The van der Waals surface area contributed by atoms with Gasteiger partial charge < -0.3 is 10.6 Å². The fraction of sp³-hybridized carbons (Fsp3) is 0.650. The van der Waals surface area contributed by atoms with E-state index in [1.807, 2.05) is 31.2 Å². The van der Waals surface area contributed by atoms with Crippen LogP contribution in [0.1, 0.15) is 76.2 Å².